The van der Waals surface area contributed by atoms with Crippen molar-refractivity contribution in [3.8, 4) is 17.1 Å². The maximum absolute atomic E-state index is 13.8. The van der Waals surface area contributed by atoms with Crippen molar-refractivity contribution in [2.75, 3.05) is 7.05 Å². The van der Waals surface area contributed by atoms with E-state index in [-0.39, 0.29) is 18.2 Å². The summed E-state index contributed by atoms with van der Waals surface area (Å²) in [6, 6.07) is 13.5. The molecule has 3 rings (SSSR count). The molecule has 0 bridgehead atoms. The van der Waals surface area contributed by atoms with E-state index in [1.54, 1.807) is 26.1 Å². The van der Waals surface area contributed by atoms with Crippen LogP contribution in [0.25, 0.3) is 11.4 Å². The number of carbonyl (C=O) groups is 1. The summed E-state index contributed by atoms with van der Waals surface area (Å²) in [5.74, 6) is -0.0240. The second-order valence-electron chi connectivity index (χ2n) is 6.16. The number of aromatic nitrogens is 2. The van der Waals surface area contributed by atoms with Gasteiger partial charge in [0.2, 0.25) is 11.7 Å². The summed E-state index contributed by atoms with van der Waals surface area (Å²) < 4.78 is 25.5. The van der Waals surface area contributed by atoms with E-state index in [9.17, 15) is 9.18 Å². The Balaban J connectivity index is 1.67. The van der Waals surface area contributed by atoms with Crippen molar-refractivity contribution in [2.24, 2.45) is 0 Å². The highest BCUT2D eigenvalue weighted by Crippen LogP contribution is 2.21. The monoisotopic (exact) mass is 447 g/mol. The first-order valence-corrected chi connectivity index (χ1v) is 9.52. The molecule has 28 heavy (non-hydrogen) atoms. The van der Waals surface area contributed by atoms with Crippen LogP contribution in [0.2, 0.25) is 0 Å². The van der Waals surface area contributed by atoms with Crippen molar-refractivity contribution in [1.82, 2.24) is 15.0 Å². The second-order valence-corrected chi connectivity index (χ2v) is 7.08. The van der Waals surface area contributed by atoms with Crippen molar-refractivity contribution >= 4 is 21.8 Å². The standard InChI is InChI=1S/C20H19BrFN3O3/c1-3-16(27-17-10-5-4-9-15(17)22)20(26)25(2)12-18-23-19(24-28-18)13-7-6-8-14(21)11-13/h4-11,16H,3,12H2,1-2H3/t16-/m0/s1. The van der Waals surface area contributed by atoms with E-state index in [0.717, 1.165) is 10.0 Å². The molecule has 0 aliphatic heterocycles. The fraction of sp³-hybridized carbons (Fsp3) is 0.250. The van der Waals surface area contributed by atoms with Crippen LogP contribution in [0.1, 0.15) is 19.2 Å². The Labute approximate surface area is 170 Å². The number of benzene rings is 2. The van der Waals surface area contributed by atoms with Crippen LogP contribution < -0.4 is 4.74 Å². The molecule has 146 valence electrons. The van der Waals surface area contributed by atoms with Crippen LogP contribution in [0.5, 0.6) is 5.75 Å². The smallest absolute Gasteiger partial charge is 0.263 e. The number of nitrogens with zero attached hydrogens (tertiary/aromatic N) is 3. The van der Waals surface area contributed by atoms with Crippen LogP contribution in [-0.2, 0) is 11.3 Å². The van der Waals surface area contributed by atoms with Gasteiger partial charge in [0, 0.05) is 17.1 Å². The van der Waals surface area contributed by atoms with Gasteiger partial charge in [-0.25, -0.2) is 4.39 Å². The summed E-state index contributed by atoms with van der Waals surface area (Å²) in [5, 5.41) is 3.96. The maximum atomic E-state index is 13.8. The number of ether oxygens (including phenoxy) is 1. The number of para-hydroxylation sites is 1. The summed E-state index contributed by atoms with van der Waals surface area (Å²) in [7, 11) is 1.61. The molecule has 1 amide bonds. The van der Waals surface area contributed by atoms with Crippen LogP contribution in [0.3, 0.4) is 0 Å². The number of carbonyl (C=O) groups excluding carboxylic acids is 1. The van der Waals surface area contributed by atoms with Crippen LogP contribution in [-0.4, -0.2) is 34.1 Å². The largest absolute Gasteiger partial charge is 0.478 e. The molecule has 1 atom stereocenters. The van der Waals surface area contributed by atoms with Gasteiger partial charge in [0.15, 0.2) is 17.7 Å². The van der Waals surface area contributed by atoms with Crippen LogP contribution >= 0.6 is 15.9 Å². The molecule has 8 heteroatoms. The number of likely N-dealkylation sites (N-methyl/N-ethyl adjacent to an activating group) is 1. The predicted octanol–water partition coefficient (Wildman–Crippen LogP) is 4.45. The van der Waals surface area contributed by atoms with E-state index < -0.39 is 11.9 Å². The Morgan fingerprint density at radius 2 is 2.07 bits per heavy atom. The van der Waals surface area contributed by atoms with Gasteiger partial charge in [-0.15, -0.1) is 0 Å². The van der Waals surface area contributed by atoms with Crippen molar-refractivity contribution in [3.63, 3.8) is 0 Å². The quantitative estimate of drug-likeness (QED) is 0.534. The predicted molar refractivity (Wildman–Crippen MR) is 105 cm³/mol. The van der Waals surface area contributed by atoms with Crippen LogP contribution in [0.15, 0.2) is 57.5 Å². The Bertz CT molecular complexity index is 963. The molecule has 1 heterocycles. The SMILES string of the molecule is CC[C@H](Oc1ccccc1F)C(=O)N(C)Cc1nc(-c2cccc(Br)c2)no1. The van der Waals surface area contributed by atoms with E-state index >= 15 is 0 Å². The number of hydrogen-bond acceptors (Lipinski definition) is 5. The molecule has 2 aromatic carbocycles. The normalized spacial score (nSPS) is 11.9. The van der Waals surface area contributed by atoms with E-state index in [0.29, 0.717) is 18.1 Å². The minimum atomic E-state index is -0.811. The lowest BCUT2D eigenvalue weighted by Gasteiger charge is -2.22. The molecular weight excluding hydrogens is 429 g/mol. The van der Waals surface area contributed by atoms with Crippen LogP contribution in [0, 0.1) is 5.82 Å². The van der Waals surface area contributed by atoms with Gasteiger partial charge in [-0.05, 0) is 30.7 Å². The van der Waals surface area contributed by atoms with E-state index in [4.69, 9.17) is 9.26 Å². The molecule has 0 N–H and O–H groups in total. The molecular formula is C20H19BrFN3O3. The molecule has 0 spiro atoms. The molecule has 3 aromatic rings. The van der Waals surface area contributed by atoms with Gasteiger partial charge in [0.25, 0.3) is 5.91 Å². The fourth-order valence-electron chi connectivity index (χ4n) is 2.59. The maximum Gasteiger partial charge on any atom is 0.263 e. The molecule has 0 aliphatic carbocycles. The third kappa shape index (κ3) is 4.75. The van der Waals surface area contributed by atoms with E-state index in [1.807, 2.05) is 24.3 Å². The van der Waals surface area contributed by atoms with Gasteiger partial charge in [0.1, 0.15) is 0 Å². The third-order valence-electron chi connectivity index (χ3n) is 4.05. The Morgan fingerprint density at radius 3 is 2.79 bits per heavy atom. The first-order valence-electron chi connectivity index (χ1n) is 8.72. The lowest BCUT2D eigenvalue weighted by molar-refractivity contribution is -0.138. The van der Waals surface area contributed by atoms with Crippen LogP contribution in [0.4, 0.5) is 4.39 Å². The Morgan fingerprint density at radius 1 is 1.29 bits per heavy atom. The molecule has 6 nitrogen and oxygen atoms in total. The summed E-state index contributed by atoms with van der Waals surface area (Å²) >= 11 is 3.40. The molecule has 0 saturated carbocycles. The molecule has 0 aliphatic rings. The molecule has 0 radical (unpaired) electrons. The number of halogens is 2. The highest BCUT2D eigenvalue weighted by atomic mass is 79.9. The van der Waals surface area contributed by atoms with Gasteiger partial charge in [0.05, 0.1) is 6.54 Å². The van der Waals surface area contributed by atoms with Gasteiger partial charge in [-0.3, -0.25) is 4.79 Å². The minimum absolute atomic E-state index is 0.0471. The lowest BCUT2D eigenvalue weighted by atomic mass is 10.2. The Hall–Kier alpha value is -2.74. The first kappa shape index (κ1) is 20.0. The average molecular weight is 448 g/mol. The zero-order valence-corrected chi connectivity index (χ0v) is 17.0. The summed E-state index contributed by atoms with van der Waals surface area (Å²) in [6.45, 7) is 1.92. The van der Waals surface area contributed by atoms with Crippen molar-refractivity contribution in [2.45, 2.75) is 26.0 Å². The molecule has 0 fully saturated rings. The van der Waals surface area contributed by atoms with Crippen molar-refractivity contribution in [3.05, 3.63) is 64.7 Å². The van der Waals surface area contributed by atoms with Crippen molar-refractivity contribution < 1.29 is 18.4 Å². The van der Waals surface area contributed by atoms with Gasteiger partial charge >= 0.3 is 0 Å². The lowest BCUT2D eigenvalue weighted by Crippen LogP contribution is -2.39. The minimum Gasteiger partial charge on any atom is -0.478 e. The molecule has 0 saturated heterocycles. The Kier molecular flexibility index (Phi) is 6.41. The fourth-order valence-corrected chi connectivity index (χ4v) is 2.99. The number of rotatable bonds is 7. The zero-order valence-electron chi connectivity index (χ0n) is 15.4. The highest BCUT2D eigenvalue weighted by molar-refractivity contribution is 9.10. The zero-order chi connectivity index (χ0) is 20.1. The number of amides is 1. The third-order valence-corrected chi connectivity index (χ3v) is 4.54. The van der Waals surface area contributed by atoms with Gasteiger partial charge < -0.3 is 14.2 Å². The van der Waals surface area contributed by atoms with E-state index in [1.165, 1.54) is 17.0 Å². The van der Waals surface area contributed by atoms with E-state index in [2.05, 4.69) is 26.1 Å². The highest BCUT2D eigenvalue weighted by Gasteiger charge is 2.25. The number of hydrogen-bond donors (Lipinski definition) is 0. The topological polar surface area (TPSA) is 68.5 Å². The molecule has 0 unspecified atom stereocenters. The average Bonchev–Trinajstić information content (AvgIpc) is 3.15. The van der Waals surface area contributed by atoms with Gasteiger partial charge in [-0.1, -0.05) is 52.3 Å². The van der Waals surface area contributed by atoms with Crippen molar-refractivity contribution in [1.29, 1.82) is 0 Å². The second kappa shape index (κ2) is 8.97. The first-order chi connectivity index (χ1) is 13.5. The van der Waals surface area contributed by atoms with Gasteiger partial charge in [-0.2, -0.15) is 4.98 Å². The summed E-state index contributed by atoms with van der Waals surface area (Å²) in [5.41, 5.74) is 0.799. The summed E-state index contributed by atoms with van der Waals surface area (Å²) in [4.78, 5) is 18.5. The summed E-state index contributed by atoms with van der Waals surface area (Å²) in [6.07, 6.45) is -0.417. The molecule has 1 aromatic heterocycles.